The van der Waals surface area contributed by atoms with Gasteiger partial charge in [0.25, 0.3) is 0 Å². The van der Waals surface area contributed by atoms with Gasteiger partial charge in [-0.3, -0.25) is 0 Å². The van der Waals surface area contributed by atoms with Gasteiger partial charge in [-0.25, -0.2) is 19.6 Å². The van der Waals surface area contributed by atoms with Crippen LogP contribution >= 0.6 is 11.3 Å². The SMILES string of the molecule is CCn1ncnc1[C@@H](C)n1cnc(-c2ccccc2)c1-c1cnc(C)s1. The van der Waals surface area contributed by atoms with E-state index >= 15 is 0 Å². The van der Waals surface area contributed by atoms with E-state index in [0.717, 1.165) is 39.2 Å². The molecule has 0 aliphatic carbocycles. The lowest BCUT2D eigenvalue weighted by Crippen LogP contribution is -2.14. The number of imidazole rings is 1. The molecule has 1 aromatic carbocycles. The zero-order valence-corrected chi connectivity index (χ0v) is 15.8. The van der Waals surface area contributed by atoms with Gasteiger partial charge < -0.3 is 4.57 Å². The molecular formula is C19H20N6S. The van der Waals surface area contributed by atoms with Gasteiger partial charge in [-0.2, -0.15) is 5.10 Å². The van der Waals surface area contributed by atoms with Gasteiger partial charge in [0.15, 0.2) is 0 Å². The van der Waals surface area contributed by atoms with Gasteiger partial charge in [-0.1, -0.05) is 30.3 Å². The predicted molar refractivity (Wildman–Crippen MR) is 103 cm³/mol. The maximum atomic E-state index is 4.74. The topological polar surface area (TPSA) is 61.4 Å². The number of aromatic nitrogens is 6. The van der Waals surface area contributed by atoms with E-state index in [4.69, 9.17) is 4.98 Å². The van der Waals surface area contributed by atoms with E-state index < -0.39 is 0 Å². The Morgan fingerprint density at radius 3 is 2.62 bits per heavy atom. The Morgan fingerprint density at radius 2 is 1.92 bits per heavy atom. The van der Waals surface area contributed by atoms with Gasteiger partial charge in [0.05, 0.1) is 33.6 Å². The maximum absolute atomic E-state index is 4.74. The van der Waals surface area contributed by atoms with Gasteiger partial charge in [0, 0.05) is 18.3 Å². The number of thiazole rings is 1. The minimum Gasteiger partial charge on any atom is -0.319 e. The maximum Gasteiger partial charge on any atom is 0.149 e. The third-order valence-corrected chi connectivity index (χ3v) is 5.35. The molecule has 0 saturated heterocycles. The highest BCUT2D eigenvalue weighted by molar-refractivity contribution is 7.15. The fourth-order valence-corrected chi connectivity index (χ4v) is 3.97. The van der Waals surface area contributed by atoms with Crippen molar-refractivity contribution in [1.29, 1.82) is 0 Å². The first kappa shape index (κ1) is 16.7. The van der Waals surface area contributed by atoms with E-state index in [-0.39, 0.29) is 6.04 Å². The number of hydrogen-bond acceptors (Lipinski definition) is 5. The zero-order valence-electron chi connectivity index (χ0n) is 15.0. The van der Waals surface area contributed by atoms with Crippen LogP contribution in [-0.4, -0.2) is 29.3 Å². The lowest BCUT2D eigenvalue weighted by atomic mass is 10.1. The minimum absolute atomic E-state index is 0.0137. The Balaban J connectivity index is 1.89. The van der Waals surface area contributed by atoms with Crippen LogP contribution in [0.3, 0.4) is 0 Å². The zero-order chi connectivity index (χ0) is 18.1. The summed E-state index contributed by atoms with van der Waals surface area (Å²) >= 11 is 1.68. The third-order valence-electron chi connectivity index (χ3n) is 4.43. The monoisotopic (exact) mass is 364 g/mol. The summed E-state index contributed by atoms with van der Waals surface area (Å²) in [5.41, 5.74) is 3.13. The van der Waals surface area contributed by atoms with Crippen molar-refractivity contribution in [2.45, 2.75) is 33.4 Å². The van der Waals surface area contributed by atoms with Gasteiger partial charge in [0.2, 0.25) is 0 Å². The Morgan fingerprint density at radius 1 is 1.12 bits per heavy atom. The Bertz CT molecular complexity index is 1010. The van der Waals surface area contributed by atoms with Crippen molar-refractivity contribution < 1.29 is 0 Å². The van der Waals surface area contributed by atoms with Crippen LogP contribution in [0.1, 0.15) is 30.7 Å². The average molecular weight is 364 g/mol. The van der Waals surface area contributed by atoms with Crippen LogP contribution in [-0.2, 0) is 6.54 Å². The van der Waals surface area contributed by atoms with Gasteiger partial charge in [0.1, 0.15) is 12.2 Å². The highest BCUT2D eigenvalue weighted by Crippen LogP contribution is 2.37. The lowest BCUT2D eigenvalue weighted by Gasteiger charge is -2.16. The summed E-state index contributed by atoms with van der Waals surface area (Å²) < 4.78 is 4.10. The molecule has 0 aliphatic rings. The smallest absolute Gasteiger partial charge is 0.149 e. The van der Waals surface area contributed by atoms with Crippen molar-refractivity contribution in [3.63, 3.8) is 0 Å². The average Bonchev–Trinajstić information content (AvgIpc) is 3.40. The molecule has 7 heteroatoms. The molecule has 0 fully saturated rings. The summed E-state index contributed by atoms with van der Waals surface area (Å²) in [7, 11) is 0. The summed E-state index contributed by atoms with van der Waals surface area (Å²) in [6, 6.07) is 10.3. The van der Waals surface area contributed by atoms with E-state index in [0.29, 0.717) is 0 Å². The summed E-state index contributed by atoms with van der Waals surface area (Å²) in [5, 5.41) is 5.35. The standard InChI is InChI=1S/C19H20N6S/c1-4-25-19(21-11-23-25)13(2)24-12-22-17(15-8-6-5-7-9-15)18(24)16-10-20-14(3)26-16/h5-13H,4H2,1-3H3/t13-/m1/s1. The van der Waals surface area contributed by atoms with Crippen LogP contribution in [0, 0.1) is 6.92 Å². The molecule has 0 amide bonds. The molecule has 1 atom stereocenters. The summed E-state index contributed by atoms with van der Waals surface area (Å²) in [4.78, 5) is 14.8. The number of nitrogens with zero attached hydrogens (tertiary/aromatic N) is 6. The van der Waals surface area contributed by atoms with E-state index in [1.165, 1.54) is 0 Å². The Hall–Kier alpha value is -2.80. The second-order valence-electron chi connectivity index (χ2n) is 6.07. The largest absolute Gasteiger partial charge is 0.319 e. The van der Waals surface area contributed by atoms with Crippen molar-refractivity contribution in [2.75, 3.05) is 0 Å². The van der Waals surface area contributed by atoms with Gasteiger partial charge in [-0.05, 0) is 20.8 Å². The molecule has 6 nitrogen and oxygen atoms in total. The first-order valence-electron chi connectivity index (χ1n) is 8.61. The Labute approximate surface area is 156 Å². The summed E-state index contributed by atoms with van der Waals surface area (Å²) in [6.07, 6.45) is 5.43. The molecule has 0 aliphatic heterocycles. The normalized spacial score (nSPS) is 12.4. The van der Waals surface area contributed by atoms with Crippen LogP contribution in [0.4, 0.5) is 0 Å². The molecule has 4 rings (SSSR count). The first-order valence-corrected chi connectivity index (χ1v) is 9.43. The second kappa shape index (κ2) is 6.84. The van der Waals surface area contributed by atoms with Crippen molar-refractivity contribution in [3.8, 4) is 21.8 Å². The van der Waals surface area contributed by atoms with E-state index in [1.54, 1.807) is 17.7 Å². The van der Waals surface area contributed by atoms with Crippen LogP contribution in [0.2, 0.25) is 0 Å². The predicted octanol–water partition coefficient (Wildman–Crippen LogP) is 4.20. The van der Waals surface area contributed by atoms with Gasteiger partial charge in [-0.15, -0.1) is 11.3 Å². The van der Waals surface area contributed by atoms with E-state index in [9.17, 15) is 0 Å². The van der Waals surface area contributed by atoms with E-state index in [2.05, 4.69) is 45.6 Å². The number of hydrogen-bond donors (Lipinski definition) is 0. The molecule has 0 radical (unpaired) electrons. The quantitative estimate of drug-likeness (QED) is 0.532. The van der Waals surface area contributed by atoms with Gasteiger partial charge >= 0.3 is 0 Å². The van der Waals surface area contributed by atoms with Crippen molar-refractivity contribution in [1.82, 2.24) is 29.3 Å². The molecule has 0 N–H and O–H groups in total. The fourth-order valence-electron chi connectivity index (χ4n) is 3.14. The number of rotatable bonds is 5. The van der Waals surface area contributed by atoms with Crippen LogP contribution in [0.5, 0.6) is 0 Å². The summed E-state index contributed by atoms with van der Waals surface area (Å²) in [6.45, 7) is 7.01. The second-order valence-corrected chi connectivity index (χ2v) is 7.30. The van der Waals surface area contributed by atoms with Crippen molar-refractivity contribution in [3.05, 3.63) is 60.0 Å². The lowest BCUT2D eigenvalue weighted by molar-refractivity contribution is 0.529. The number of aryl methyl sites for hydroxylation is 2. The molecule has 3 aromatic heterocycles. The minimum atomic E-state index is 0.0137. The molecular weight excluding hydrogens is 344 g/mol. The van der Waals surface area contributed by atoms with Crippen LogP contribution in [0.25, 0.3) is 21.8 Å². The molecule has 0 unspecified atom stereocenters. The molecule has 132 valence electrons. The number of benzene rings is 1. The third kappa shape index (κ3) is 2.84. The van der Waals surface area contributed by atoms with Crippen LogP contribution < -0.4 is 0 Å². The molecule has 0 saturated carbocycles. The Kier molecular flexibility index (Phi) is 4.38. The highest BCUT2D eigenvalue weighted by atomic mass is 32.1. The van der Waals surface area contributed by atoms with E-state index in [1.807, 2.05) is 42.3 Å². The summed E-state index contributed by atoms with van der Waals surface area (Å²) in [5.74, 6) is 0.923. The molecule has 4 aromatic rings. The molecule has 3 heterocycles. The van der Waals surface area contributed by atoms with Crippen molar-refractivity contribution >= 4 is 11.3 Å². The molecule has 0 spiro atoms. The molecule has 0 bridgehead atoms. The fraction of sp³-hybridized carbons (Fsp3) is 0.263. The highest BCUT2D eigenvalue weighted by Gasteiger charge is 2.23. The van der Waals surface area contributed by atoms with Crippen molar-refractivity contribution in [2.24, 2.45) is 0 Å². The first-order chi connectivity index (χ1) is 12.7. The van der Waals surface area contributed by atoms with Crippen LogP contribution in [0.15, 0.2) is 49.2 Å². The molecule has 26 heavy (non-hydrogen) atoms.